The van der Waals surface area contributed by atoms with E-state index in [0.717, 1.165) is 16.1 Å². The predicted octanol–water partition coefficient (Wildman–Crippen LogP) is 2.41. The Labute approximate surface area is 132 Å². The summed E-state index contributed by atoms with van der Waals surface area (Å²) in [5, 5.41) is 12.7. The zero-order valence-corrected chi connectivity index (χ0v) is 12.8. The van der Waals surface area contributed by atoms with Crippen LogP contribution in [0.5, 0.6) is 0 Å². The maximum absolute atomic E-state index is 11.6. The minimum absolute atomic E-state index is 0.329. The Morgan fingerprint density at radius 1 is 1.41 bits per heavy atom. The summed E-state index contributed by atoms with van der Waals surface area (Å²) in [5.41, 5.74) is 1.66. The van der Waals surface area contributed by atoms with E-state index in [9.17, 15) is 4.79 Å². The Morgan fingerprint density at radius 2 is 2.18 bits per heavy atom. The van der Waals surface area contributed by atoms with Gasteiger partial charge in [0.05, 0.1) is 5.69 Å². The smallest absolute Gasteiger partial charge is 0.321 e. The van der Waals surface area contributed by atoms with Crippen LogP contribution >= 0.6 is 11.3 Å². The molecule has 0 unspecified atom stereocenters. The summed E-state index contributed by atoms with van der Waals surface area (Å²) in [5.74, 6) is 6.09. The third-order valence-corrected chi connectivity index (χ3v) is 3.58. The first-order valence-corrected chi connectivity index (χ1v) is 7.44. The number of rotatable bonds is 4. The Bertz CT molecular complexity index is 715. The summed E-state index contributed by atoms with van der Waals surface area (Å²) in [7, 11) is 0. The van der Waals surface area contributed by atoms with Gasteiger partial charge in [-0.15, -0.1) is 0 Å². The van der Waals surface area contributed by atoms with Crippen LogP contribution in [0.15, 0.2) is 24.5 Å². The molecule has 0 saturated carbocycles. The number of carbonyl (C=O) groups excluding carboxylic acids is 1. The first-order chi connectivity index (χ1) is 10.7. The maximum atomic E-state index is 11.6. The van der Waals surface area contributed by atoms with Gasteiger partial charge in [0.2, 0.25) is 0 Å². The number of anilines is 1. The molecule has 0 fully saturated rings. The Morgan fingerprint density at radius 3 is 2.91 bits per heavy atom. The third-order valence-electron chi connectivity index (χ3n) is 2.59. The zero-order chi connectivity index (χ0) is 15.8. The fourth-order valence-corrected chi connectivity index (χ4v) is 2.34. The van der Waals surface area contributed by atoms with Crippen molar-refractivity contribution in [1.29, 1.82) is 5.41 Å². The number of hydrogen-bond acceptors (Lipinski definition) is 5. The van der Waals surface area contributed by atoms with E-state index in [1.807, 2.05) is 19.1 Å². The van der Waals surface area contributed by atoms with Crippen LogP contribution < -0.4 is 10.6 Å². The SMILES string of the molecule is Cc1nc(NC(=O)NCCC=N)sc1C#Cc1ccncc1. The van der Waals surface area contributed by atoms with Crippen LogP contribution in [0.1, 0.15) is 22.6 Å². The van der Waals surface area contributed by atoms with Crippen LogP contribution in [0.2, 0.25) is 0 Å². The van der Waals surface area contributed by atoms with Gasteiger partial charge in [0, 0.05) is 24.5 Å². The van der Waals surface area contributed by atoms with Crippen molar-refractivity contribution in [2.24, 2.45) is 0 Å². The van der Waals surface area contributed by atoms with Gasteiger partial charge < -0.3 is 10.7 Å². The van der Waals surface area contributed by atoms with E-state index in [2.05, 4.69) is 32.4 Å². The minimum atomic E-state index is -0.329. The highest BCUT2D eigenvalue weighted by atomic mass is 32.1. The molecule has 112 valence electrons. The lowest BCUT2D eigenvalue weighted by Crippen LogP contribution is -2.29. The van der Waals surface area contributed by atoms with Crippen molar-refractivity contribution in [3.05, 3.63) is 40.7 Å². The molecule has 0 aliphatic heterocycles. The van der Waals surface area contributed by atoms with Crippen LogP contribution in [0.25, 0.3) is 0 Å². The summed E-state index contributed by atoms with van der Waals surface area (Å²) in [6.07, 6.45) is 5.14. The van der Waals surface area contributed by atoms with Crippen LogP contribution in [0, 0.1) is 24.2 Å². The van der Waals surface area contributed by atoms with E-state index in [-0.39, 0.29) is 6.03 Å². The zero-order valence-electron chi connectivity index (χ0n) is 12.0. The van der Waals surface area contributed by atoms with Crippen molar-refractivity contribution in [1.82, 2.24) is 15.3 Å². The van der Waals surface area contributed by atoms with Gasteiger partial charge >= 0.3 is 6.03 Å². The van der Waals surface area contributed by atoms with Crippen molar-refractivity contribution < 1.29 is 4.79 Å². The van der Waals surface area contributed by atoms with Gasteiger partial charge in [0.15, 0.2) is 5.13 Å². The second-order valence-corrected chi connectivity index (χ2v) is 5.29. The standard InChI is InChI=1S/C15H15N5OS/c1-11-13(4-3-12-5-9-17-10-6-12)22-15(19-11)20-14(21)18-8-2-7-16/h5-7,9-10,16H,2,8H2,1H3,(H2,18,19,20,21). The molecular formula is C15H15N5OS. The molecule has 0 bridgehead atoms. The van der Waals surface area contributed by atoms with Crippen molar-refractivity contribution in [3.8, 4) is 11.8 Å². The van der Waals surface area contributed by atoms with E-state index in [1.54, 1.807) is 12.4 Å². The Hall–Kier alpha value is -2.72. The van der Waals surface area contributed by atoms with Gasteiger partial charge in [-0.1, -0.05) is 17.3 Å². The largest absolute Gasteiger partial charge is 0.337 e. The molecule has 2 rings (SSSR count). The normalized spacial score (nSPS) is 9.50. The fraction of sp³-hybridized carbons (Fsp3) is 0.200. The summed E-state index contributed by atoms with van der Waals surface area (Å²) < 4.78 is 0. The molecule has 0 aromatic carbocycles. The highest BCUT2D eigenvalue weighted by Crippen LogP contribution is 2.21. The molecule has 6 nitrogen and oxygen atoms in total. The first kappa shape index (κ1) is 15.7. The number of pyridine rings is 1. The Balaban J connectivity index is 2.01. The van der Waals surface area contributed by atoms with E-state index in [0.29, 0.717) is 18.1 Å². The molecule has 2 amide bonds. The third kappa shape index (κ3) is 4.68. The van der Waals surface area contributed by atoms with Gasteiger partial charge in [0.25, 0.3) is 0 Å². The molecule has 0 radical (unpaired) electrons. The van der Waals surface area contributed by atoms with E-state index >= 15 is 0 Å². The number of urea groups is 1. The van der Waals surface area contributed by atoms with E-state index in [1.165, 1.54) is 17.6 Å². The van der Waals surface area contributed by atoms with Crippen LogP contribution in [0.4, 0.5) is 9.93 Å². The molecule has 0 aliphatic carbocycles. The molecule has 0 aliphatic rings. The average Bonchev–Trinajstić information content (AvgIpc) is 2.86. The van der Waals surface area contributed by atoms with Gasteiger partial charge in [-0.3, -0.25) is 10.3 Å². The molecule has 0 atom stereocenters. The number of nitrogens with one attached hydrogen (secondary N) is 3. The minimum Gasteiger partial charge on any atom is -0.337 e. The first-order valence-electron chi connectivity index (χ1n) is 6.62. The second-order valence-electron chi connectivity index (χ2n) is 4.29. The number of hydrogen-bond donors (Lipinski definition) is 3. The molecular weight excluding hydrogens is 298 g/mol. The molecule has 2 heterocycles. The number of aromatic nitrogens is 2. The van der Waals surface area contributed by atoms with E-state index < -0.39 is 0 Å². The summed E-state index contributed by atoms with van der Waals surface area (Å²) in [4.78, 5) is 20.6. The fourth-order valence-electron chi connectivity index (χ4n) is 1.53. The molecule has 2 aromatic rings. The monoisotopic (exact) mass is 313 g/mol. The van der Waals surface area contributed by atoms with Gasteiger partial charge in [0.1, 0.15) is 4.88 Å². The second kappa shape index (κ2) is 7.90. The maximum Gasteiger partial charge on any atom is 0.321 e. The molecule has 0 spiro atoms. The lowest BCUT2D eigenvalue weighted by Gasteiger charge is -2.02. The molecule has 3 N–H and O–H groups in total. The van der Waals surface area contributed by atoms with Gasteiger partial charge in [-0.05, 0) is 37.6 Å². The van der Waals surface area contributed by atoms with Crippen LogP contribution in [-0.2, 0) is 0 Å². The number of amides is 2. The highest BCUT2D eigenvalue weighted by Gasteiger charge is 2.08. The quantitative estimate of drug-likeness (QED) is 0.460. The van der Waals surface area contributed by atoms with Crippen molar-refractivity contribution >= 4 is 28.7 Å². The highest BCUT2D eigenvalue weighted by molar-refractivity contribution is 7.16. The van der Waals surface area contributed by atoms with Crippen LogP contribution in [0.3, 0.4) is 0 Å². The summed E-state index contributed by atoms with van der Waals surface area (Å²) in [6, 6.07) is 3.34. The Kier molecular flexibility index (Phi) is 5.63. The van der Waals surface area contributed by atoms with Crippen molar-refractivity contribution in [2.75, 3.05) is 11.9 Å². The number of thiazole rings is 1. The molecule has 0 saturated heterocycles. The molecule has 7 heteroatoms. The average molecular weight is 313 g/mol. The van der Waals surface area contributed by atoms with Crippen LogP contribution in [-0.4, -0.2) is 28.8 Å². The van der Waals surface area contributed by atoms with Crippen molar-refractivity contribution in [3.63, 3.8) is 0 Å². The van der Waals surface area contributed by atoms with Gasteiger partial charge in [-0.25, -0.2) is 9.78 Å². The number of carbonyl (C=O) groups is 1. The number of aryl methyl sites for hydroxylation is 1. The summed E-state index contributed by atoms with van der Waals surface area (Å²) in [6.45, 7) is 2.28. The number of nitrogens with zero attached hydrogens (tertiary/aromatic N) is 2. The lowest BCUT2D eigenvalue weighted by molar-refractivity contribution is 0.252. The molecule has 2 aromatic heterocycles. The van der Waals surface area contributed by atoms with Crippen molar-refractivity contribution in [2.45, 2.75) is 13.3 Å². The van der Waals surface area contributed by atoms with Gasteiger partial charge in [-0.2, -0.15) is 0 Å². The lowest BCUT2D eigenvalue weighted by atomic mass is 10.2. The summed E-state index contributed by atoms with van der Waals surface area (Å²) >= 11 is 1.33. The van der Waals surface area contributed by atoms with E-state index in [4.69, 9.17) is 5.41 Å². The predicted molar refractivity (Wildman–Crippen MR) is 87.5 cm³/mol. The topological polar surface area (TPSA) is 90.8 Å². The molecule has 22 heavy (non-hydrogen) atoms.